The third-order valence-corrected chi connectivity index (χ3v) is 5.14. The van der Waals surface area contributed by atoms with Crippen LogP contribution in [0.4, 0.5) is 10.1 Å². The van der Waals surface area contributed by atoms with Gasteiger partial charge in [-0.25, -0.2) is 9.82 Å². The summed E-state index contributed by atoms with van der Waals surface area (Å²) in [7, 11) is 0. The molecule has 0 aliphatic rings. The zero-order valence-electron chi connectivity index (χ0n) is 16.6. The molecule has 3 aromatic carbocycles. The number of hydrazone groups is 1. The second kappa shape index (κ2) is 10.7. The first-order valence-electron chi connectivity index (χ1n) is 9.16. The lowest BCUT2D eigenvalue weighted by Gasteiger charge is -2.11. The molecule has 0 aliphatic heterocycles. The number of amides is 1. The number of halogens is 3. The van der Waals surface area contributed by atoms with Gasteiger partial charge in [-0.05, 0) is 69.5 Å². The van der Waals surface area contributed by atoms with E-state index in [0.717, 1.165) is 6.07 Å². The monoisotopic (exact) mass is 530 g/mol. The summed E-state index contributed by atoms with van der Waals surface area (Å²) in [6.07, 6.45) is 1.32. The van der Waals surface area contributed by atoms with Crippen molar-refractivity contribution in [2.24, 2.45) is 5.10 Å². The van der Waals surface area contributed by atoms with Crippen LogP contribution in [0.15, 0.2) is 64.2 Å². The lowest BCUT2D eigenvalue weighted by Crippen LogP contribution is -2.19. The molecule has 0 aromatic heterocycles. The molecular weight excluding hydrogens is 519 g/mol. The molecule has 166 valence electrons. The fourth-order valence-electron chi connectivity index (χ4n) is 2.66. The highest BCUT2D eigenvalue weighted by Crippen LogP contribution is 2.34. The zero-order valence-corrected chi connectivity index (χ0v) is 18.9. The van der Waals surface area contributed by atoms with Crippen LogP contribution in [-0.2, 0) is 6.61 Å². The minimum atomic E-state index is -0.831. The maximum absolute atomic E-state index is 13.9. The third kappa shape index (κ3) is 6.12. The maximum atomic E-state index is 13.9. The van der Waals surface area contributed by atoms with Gasteiger partial charge in [-0.15, -0.1) is 0 Å². The molecule has 0 saturated heterocycles. The molecule has 0 saturated carbocycles. The average Bonchev–Trinajstić information content (AvgIpc) is 2.78. The highest BCUT2D eigenvalue weighted by molar-refractivity contribution is 9.10. The van der Waals surface area contributed by atoms with Crippen molar-refractivity contribution < 1.29 is 18.8 Å². The number of nitrogens with one attached hydrogen (secondary N) is 1. The summed E-state index contributed by atoms with van der Waals surface area (Å²) in [4.78, 5) is 22.3. The summed E-state index contributed by atoms with van der Waals surface area (Å²) >= 11 is 9.64. The lowest BCUT2D eigenvalue weighted by molar-refractivity contribution is -0.384. The Morgan fingerprint density at radius 3 is 2.61 bits per heavy atom. The lowest BCUT2D eigenvalue weighted by atomic mass is 10.1. The Morgan fingerprint density at radius 1 is 1.27 bits per heavy atom. The van der Waals surface area contributed by atoms with Crippen molar-refractivity contribution in [1.29, 1.82) is 5.26 Å². The quantitative estimate of drug-likeness (QED) is 0.250. The van der Waals surface area contributed by atoms with E-state index in [1.165, 1.54) is 30.5 Å². The summed E-state index contributed by atoms with van der Waals surface area (Å²) in [5.41, 5.74) is 3.28. The fourth-order valence-corrected chi connectivity index (χ4v) is 3.64. The number of benzene rings is 3. The summed E-state index contributed by atoms with van der Waals surface area (Å²) in [6.45, 7) is 0.135. The van der Waals surface area contributed by atoms with E-state index in [1.54, 1.807) is 30.3 Å². The minimum absolute atomic E-state index is 0.0179. The van der Waals surface area contributed by atoms with Crippen molar-refractivity contribution in [3.05, 3.63) is 102 Å². The molecule has 11 heteroatoms. The average molecular weight is 532 g/mol. The first-order valence-corrected chi connectivity index (χ1v) is 10.3. The molecule has 0 radical (unpaired) electrons. The van der Waals surface area contributed by atoms with Gasteiger partial charge in [0.2, 0.25) is 0 Å². The van der Waals surface area contributed by atoms with Crippen LogP contribution in [0.3, 0.4) is 0 Å². The van der Waals surface area contributed by atoms with E-state index in [2.05, 4.69) is 26.5 Å². The number of hydrogen-bond acceptors (Lipinski definition) is 6. The molecule has 0 fully saturated rings. The second-order valence-corrected chi connectivity index (χ2v) is 7.79. The van der Waals surface area contributed by atoms with Gasteiger partial charge in [0.15, 0.2) is 5.75 Å². The van der Waals surface area contributed by atoms with E-state index in [0.29, 0.717) is 21.3 Å². The van der Waals surface area contributed by atoms with E-state index in [1.807, 2.05) is 0 Å². The van der Waals surface area contributed by atoms with Crippen molar-refractivity contribution in [3.8, 4) is 11.8 Å². The van der Waals surface area contributed by atoms with E-state index in [9.17, 15) is 19.3 Å². The number of hydrogen-bond donors (Lipinski definition) is 1. The topological polar surface area (TPSA) is 118 Å². The Bertz CT molecular complexity index is 1270. The first-order chi connectivity index (χ1) is 15.8. The van der Waals surface area contributed by atoms with Gasteiger partial charge in [-0.1, -0.05) is 11.6 Å². The third-order valence-electron chi connectivity index (χ3n) is 4.27. The van der Waals surface area contributed by atoms with Crippen LogP contribution in [0.5, 0.6) is 5.75 Å². The predicted octanol–water partition coefficient (Wildman–Crippen LogP) is 5.36. The van der Waals surface area contributed by atoms with Crippen LogP contribution in [0, 0.1) is 27.3 Å². The molecule has 0 atom stereocenters. The number of nitrogens with zero attached hydrogens (tertiary/aromatic N) is 3. The molecule has 0 aliphatic carbocycles. The predicted molar refractivity (Wildman–Crippen MR) is 123 cm³/mol. The molecule has 1 amide bonds. The van der Waals surface area contributed by atoms with Gasteiger partial charge in [-0.2, -0.15) is 10.4 Å². The van der Waals surface area contributed by atoms with Gasteiger partial charge < -0.3 is 4.74 Å². The Kier molecular flexibility index (Phi) is 7.71. The molecule has 8 nitrogen and oxygen atoms in total. The maximum Gasteiger partial charge on any atom is 0.274 e. The standard InChI is InChI=1S/C22H13BrClFN4O4/c23-18-7-15(11-27-28-22(30)17-6-3-14(10-26)9-20(17)25)8-19(24)21(18)33-12-13-1-4-16(5-2-13)29(31)32/h1-9,11H,12H2,(H,28,30). The van der Waals surface area contributed by atoms with Crippen LogP contribution >= 0.6 is 27.5 Å². The molecule has 0 unspecified atom stereocenters. The van der Waals surface area contributed by atoms with Crippen molar-refractivity contribution in [3.63, 3.8) is 0 Å². The van der Waals surface area contributed by atoms with Gasteiger partial charge in [0.05, 0.1) is 37.8 Å². The van der Waals surface area contributed by atoms with E-state index < -0.39 is 16.6 Å². The number of carbonyl (C=O) groups excluding carboxylic acids is 1. The van der Waals surface area contributed by atoms with Crippen molar-refractivity contribution in [2.45, 2.75) is 6.61 Å². The smallest absolute Gasteiger partial charge is 0.274 e. The van der Waals surface area contributed by atoms with Gasteiger partial charge >= 0.3 is 0 Å². The van der Waals surface area contributed by atoms with Crippen LogP contribution in [-0.4, -0.2) is 17.0 Å². The first kappa shape index (κ1) is 23.8. The summed E-state index contributed by atoms with van der Waals surface area (Å²) in [6, 6.07) is 14.4. The zero-order chi connectivity index (χ0) is 24.0. The van der Waals surface area contributed by atoms with Crippen molar-refractivity contribution >= 4 is 45.3 Å². The van der Waals surface area contributed by atoms with Crippen LogP contribution in [0.1, 0.15) is 27.0 Å². The van der Waals surface area contributed by atoms with Crippen LogP contribution < -0.4 is 10.2 Å². The SMILES string of the molecule is N#Cc1ccc(C(=O)NN=Cc2cc(Cl)c(OCc3ccc([N+](=O)[O-])cc3)c(Br)c2)c(F)c1. The molecule has 0 heterocycles. The highest BCUT2D eigenvalue weighted by atomic mass is 79.9. The molecule has 3 aromatic rings. The number of non-ortho nitro benzene ring substituents is 1. The van der Waals surface area contributed by atoms with Crippen LogP contribution in [0.25, 0.3) is 0 Å². The number of ether oxygens (including phenoxy) is 1. The molecular formula is C22H13BrClFN4O4. The summed E-state index contributed by atoms with van der Waals surface area (Å²) in [5.74, 6) is -1.25. The summed E-state index contributed by atoms with van der Waals surface area (Å²) in [5, 5.41) is 23.5. The Morgan fingerprint density at radius 2 is 2.00 bits per heavy atom. The van der Waals surface area contributed by atoms with E-state index in [-0.39, 0.29) is 28.4 Å². The molecule has 0 bridgehead atoms. The molecule has 1 N–H and O–H groups in total. The Balaban J connectivity index is 1.64. The Labute approximate surface area is 200 Å². The van der Waals surface area contributed by atoms with Gasteiger partial charge in [0.1, 0.15) is 12.4 Å². The minimum Gasteiger partial charge on any atom is -0.486 e. The molecule has 3 rings (SSSR count). The number of nitriles is 1. The fraction of sp³-hybridized carbons (Fsp3) is 0.0455. The number of carbonyl (C=O) groups is 1. The van der Waals surface area contributed by atoms with Crippen molar-refractivity contribution in [2.75, 3.05) is 0 Å². The highest BCUT2D eigenvalue weighted by Gasteiger charge is 2.13. The number of rotatable bonds is 7. The van der Waals surface area contributed by atoms with Gasteiger partial charge in [-0.3, -0.25) is 14.9 Å². The van der Waals surface area contributed by atoms with Gasteiger partial charge in [0.25, 0.3) is 11.6 Å². The number of nitro groups is 1. The Hall–Kier alpha value is -3.81. The number of nitro benzene ring substituents is 1. The van der Waals surface area contributed by atoms with Crippen molar-refractivity contribution in [1.82, 2.24) is 5.43 Å². The largest absolute Gasteiger partial charge is 0.486 e. The van der Waals surface area contributed by atoms with E-state index in [4.69, 9.17) is 21.6 Å². The second-order valence-electron chi connectivity index (χ2n) is 6.53. The molecule has 0 spiro atoms. The summed E-state index contributed by atoms with van der Waals surface area (Å²) < 4.78 is 20.1. The van der Waals surface area contributed by atoms with Gasteiger partial charge in [0, 0.05) is 12.1 Å². The van der Waals surface area contributed by atoms with Crippen LogP contribution in [0.2, 0.25) is 5.02 Å². The normalized spacial score (nSPS) is 10.6. The molecule has 33 heavy (non-hydrogen) atoms. The van der Waals surface area contributed by atoms with E-state index >= 15 is 0 Å².